The first-order chi connectivity index (χ1) is 18.6. The zero-order chi connectivity index (χ0) is 25.5. The maximum Gasteiger partial charge on any atom is 0.165 e. The number of rotatable bonds is 8. The molecule has 0 aromatic heterocycles. The van der Waals surface area contributed by atoms with Crippen LogP contribution in [0.1, 0.15) is 88.2 Å². The fourth-order valence-corrected chi connectivity index (χ4v) is 11.8. The summed E-state index contributed by atoms with van der Waals surface area (Å²) in [5.74, 6) is 6.81. The number of hydrogen-bond acceptors (Lipinski definition) is 4. The summed E-state index contributed by atoms with van der Waals surface area (Å²) in [5.41, 5.74) is 3.02. The molecule has 8 aliphatic carbocycles. The number of aliphatic hydroxyl groups is 2. The van der Waals surface area contributed by atoms with E-state index in [4.69, 9.17) is 9.47 Å². The van der Waals surface area contributed by atoms with Gasteiger partial charge in [-0.2, -0.15) is 0 Å². The Morgan fingerprint density at radius 2 is 0.868 bits per heavy atom. The molecule has 0 unspecified atom stereocenters. The molecule has 8 aliphatic rings. The third-order valence-electron chi connectivity index (χ3n) is 11.9. The lowest BCUT2D eigenvalue weighted by molar-refractivity contribution is -0.00826. The van der Waals surface area contributed by atoms with E-state index in [9.17, 15) is 10.2 Å². The average Bonchev–Trinajstić information content (AvgIpc) is 2.88. The smallest absolute Gasteiger partial charge is 0.165 e. The molecule has 0 atom stereocenters. The van der Waals surface area contributed by atoms with Crippen LogP contribution in [-0.4, -0.2) is 36.6 Å². The Morgan fingerprint density at radius 1 is 0.553 bits per heavy atom. The minimum absolute atomic E-state index is 0.000714. The fraction of sp³-hybridized carbons (Fsp3) is 0.706. The maximum absolute atomic E-state index is 9.93. The summed E-state index contributed by atoms with van der Waals surface area (Å²) in [6.07, 6.45) is 16.0. The number of aliphatic hydroxyl groups excluding tert-OH is 2. The molecule has 4 nitrogen and oxygen atoms in total. The van der Waals surface area contributed by atoms with Crippen molar-refractivity contribution in [3.63, 3.8) is 0 Å². The average molecular weight is 517 g/mol. The molecule has 0 spiro atoms. The zero-order valence-corrected chi connectivity index (χ0v) is 22.8. The van der Waals surface area contributed by atoms with E-state index >= 15 is 0 Å². The summed E-state index contributed by atoms with van der Waals surface area (Å²) in [6.45, 7) is 0.569. The van der Waals surface area contributed by atoms with E-state index in [1.54, 1.807) is 0 Å². The van der Waals surface area contributed by atoms with Crippen LogP contribution in [0.3, 0.4) is 0 Å². The molecule has 38 heavy (non-hydrogen) atoms. The van der Waals surface area contributed by atoms with Gasteiger partial charge in [0.05, 0.1) is 13.2 Å². The van der Waals surface area contributed by atoms with Crippen LogP contribution in [0.2, 0.25) is 0 Å². The molecule has 0 saturated heterocycles. The molecule has 2 aromatic carbocycles. The molecule has 2 aromatic rings. The summed E-state index contributed by atoms with van der Waals surface area (Å²) in [5, 5.41) is 22.6. The molecule has 10 rings (SSSR count). The Kier molecular flexibility index (Phi) is 5.61. The van der Waals surface area contributed by atoms with Crippen molar-refractivity contribution in [2.45, 2.75) is 87.9 Å². The lowest BCUT2D eigenvalue weighted by Crippen LogP contribution is -2.50. The molecule has 204 valence electrons. The van der Waals surface area contributed by atoms with Crippen LogP contribution < -0.4 is 9.47 Å². The van der Waals surface area contributed by atoms with Crippen LogP contribution >= 0.6 is 0 Å². The fourth-order valence-electron chi connectivity index (χ4n) is 11.8. The molecular formula is C34H44O4. The molecule has 8 bridgehead atoms. The second-order valence-corrected chi connectivity index (χ2v) is 14.5. The molecule has 4 heteroatoms. The highest BCUT2D eigenvalue weighted by molar-refractivity contribution is 5.96. The van der Waals surface area contributed by atoms with Gasteiger partial charge in [-0.15, -0.1) is 0 Å². The first kappa shape index (κ1) is 24.1. The van der Waals surface area contributed by atoms with Gasteiger partial charge in [-0.3, -0.25) is 0 Å². The second kappa shape index (κ2) is 8.86. The minimum atomic E-state index is -0.000714. The van der Waals surface area contributed by atoms with Crippen molar-refractivity contribution in [3.05, 3.63) is 35.4 Å². The van der Waals surface area contributed by atoms with Gasteiger partial charge in [0.1, 0.15) is 13.2 Å². The zero-order valence-electron chi connectivity index (χ0n) is 22.8. The molecule has 2 N–H and O–H groups in total. The highest BCUT2D eigenvalue weighted by atomic mass is 16.5. The summed E-state index contributed by atoms with van der Waals surface area (Å²) < 4.78 is 13.3. The summed E-state index contributed by atoms with van der Waals surface area (Å²) in [4.78, 5) is 0. The van der Waals surface area contributed by atoms with Gasteiger partial charge < -0.3 is 19.7 Å². The molecule has 0 amide bonds. The Morgan fingerprint density at radius 3 is 1.16 bits per heavy atom. The van der Waals surface area contributed by atoms with Crippen molar-refractivity contribution < 1.29 is 19.7 Å². The van der Waals surface area contributed by atoms with E-state index in [0.717, 1.165) is 47.0 Å². The number of benzene rings is 2. The summed E-state index contributed by atoms with van der Waals surface area (Å²) >= 11 is 0. The van der Waals surface area contributed by atoms with Gasteiger partial charge in [0.25, 0.3) is 0 Å². The van der Waals surface area contributed by atoms with Crippen molar-refractivity contribution in [2.75, 3.05) is 26.4 Å². The van der Waals surface area contributed by atoms with Crippen molar-refractivity contribution in [1.29, 1.82) is 0 Å². The third-order valence-corrected chi connectivity index (χ3v) is 11.9. The normalized spacial score (nSPS) is 40.3. The van der Waals surface area contributed by atoms with Crippen molar-refractivity contribution in [3.8, 4) is 11.5 Å². The van der Waals surface area contributed by atoms with Gasteiger partial charge in [-0.05, 0) is 123 Å². The van der Waals surface area contributed by atoms with Crippen LogP contribution in [-0.2, 0) is 10.8 Å². The highest BCUT2D eigenvalue weighted by Gasteiger charge is 2.56. The van der Waals surface area contributed by atoms with Crippen LogP contribution in [0.5, 0.6) is 11.5 Å². The topological polar surface area (TPSA) is 58.9 Å². The lowest BCUT2D eigenvalue weighted by atomic mass is 9.46. The van der Waals surface area contributed by atoms with Crippen LogP contribution in [0.15, 0.2) is 24.3 Å². The quantitative estimate of drug-likeness (QED) is 0.420. The molecule has 8 fully saturated rings. The van der Waals surface area contributed by atoms with Crippen molar-refractivity contribution in [1.82, 2.24) is 0 Å². The Hall–Kier alpha value is -1.78. The van der Waals surface area contributed by atoms with Gasteiger partial charge in [0, 0.05) is 22.0 Å². The molecule has 8 saturated carbocycles. The lowest BCUT2D eigenvalue weighted by Gasteiger charge is -2.59. The van der Waals surface area contributed by atoms with Crippen LogP contribution in [0.25, 0.3) is 10.8 Å². The van der Waals surface area contributed by atoms with Gasteiger partial charge in [-0.1, -0.05) is 24.3 Å². The predicted octanol–water partition coefficient (Wildman–Crippen LogP) is 6.52. The van der Waals surface area contributed by atoms with Gasteiger partial charge in [0.15, 0.2) is 11.5 Å². The number of ether oxygens (including phenoxy) is 2. The monoisotopic (exact) mass is 516 g/mol. The van der Waals surface area contributed by atoms with Crippen molar-refractivity contribution in [2.24, 2.45) is 35.5 Å². The number of fused-ring (bicyclic) bond motifs is 1. The SMILES string of the molecule is OCCOc1c(OCCO)c(C23CC4CC(CC(C4)C2)C3)c2ccccc2c1C12CC3CC(CC(C3)C1)C2. The Labute approximate surface area is 227 Å². The highest BCUT2D eigenvalue weighted by Crippen LogP contribution is 2.67. The van der Waals surface area contributed by atoms with Gasteiger partial charge in [0.2, 0.25) is 0 Å². The largest absolute Gasteiger partial charge is 0.487 e. The summed E-state index contributed by atoms with van der Waals surface area (Å²) in [6, 6.07) is 9.18. The van der Waals surface area contributed by atoms with Crippen LogP contribution in [0.4, 0.5) is 0 Å². The van der Waals surface area contributed by atoms with E-state index in [0.29, 0.717) is 0 Å². The summed E-state index contributed by atoms with van der Waals surface area (Å²) in [7, 11) is 0. The van der Waals surface area contributed by atoms with Crippen molar-refractivity contribution >= 4 is 10.8 Å². The molecule has 0 radical (unpaired) electrons. The Bertz CT molecular complexity index is 1070. The van der Waals surface area contributed by atoms with E-state index in [-0.39, 0.29) is 37.3 Å². The van der Waals surface area contributed by atoms with E-state index in [2.05, 4.69) is 24.3 Å². The first-order valence-electron chi connectivity index (χ1n) is 15.7. The van der Waals surface area contributed by atoms with E-state index < -0.39 is 0 Å². The molecule has 0 aliphatic heterocycles. The van der Waals surface area contributed by atoms with E-state index in [1.807, 2.05) is 0 Å². The standard InChI is InChI=1S/C34H44O4/c35-5-7-37-31-29(33-15-21-9-22(16-33)11-23(10-21)17-33)27-3-1-2-4-28(27)30(32(31)38-8-6-36)34-18-24-12-25(19-34)14-26(13-24)20-34/h1-4,21-26,35-36H,5-20H2. The van der Waals surface area contributed by atoms with Crippen LogP contribution in [0, 0.1) is 35.5 Å². The third kappa shape index (κ3) is 3.54. The predicted molar refractivity (Wildman–Crippen MR) is 149 cm³/mol. The maximum atomic E-state index is 9.93. The minimum Gasteiger partial charge on any atom is -0.487 e. The van der Waals surface area contributed by atoms with Gasteiger partial charge in [-0.25, -0.2) is 0 Å². The van der Waals surface area contributed by atoms with E-state index in [1.165, 1.54) is 98.9 Å². The van der Waals surface area contributed by atoms with Gasteiger partial charge >= 0.3 is 0 Å². The second-order valence-electron chi connectivity index (χ2n) is 14.5. The first-order valence-corrected chi connectivity index (χ1v) is 15.7. The molecule has 0 heterocycles. The Balaban J connectivity index is 1.40. The number of hydrogen-bond donors (Lipinski definition) is 2. The molecular weight excluding hydrogens is 472 g/mol.